The molecule has 3 heterocycles. The Morgan fingerprint density at radius 2 is 1.89 bits per heavy atom. The average Bonchev–Trinajstić information content (AvgIpc) is 3.04. The first-order valence-corrected chi connectivity index (χ1v) is 9.54. The summed E-state index contributed by atoms with van der Waals surface area (Å²) in [5, 5.41) is 0. The fraction of sp³-hybridized carbons (Fsp3) is 0.304. The number of rotatable bonds is 3. The minimum Gasteiger partial charge on any atom is -0.337 e. The first kappa shape index (κ1) is 18.3. The number of amides is 1. The van der Waals surface area contributed by atoms with Crippen LogP contribution in [0.1, 0.15) is 41.4 Å². The Bertz CT molecular complexity index is 986. The first-order chi connectivity index (χ1) is 13.5. The maximum absolute atomic E-state index is 13.2. The van der Waals surface area contributed by atoms with Crippen LogP contribution < -0.4 is 0 Å². The predicted octanol–water partition coefficient (Wildman–Crippen LogP) is 4.11. The zero-order valence-corrected chi connectivity index (χ0v) is 16.5. The second-order valence-electron chi connectivity index (χ2n) is 8.07. The van der Waals surface area contributed by atoms with Crippen molar-refractivity contribution in [2.75, 3.05) is 13.1 Å². The van der Waals surface area contributed by atoms with Crippen LogP contribution in [0, 0.1) is 12.3 Å². The van der Waals surface area contributed by atoms with Crippen LogP contribution in [0.25, 0.3) is 11.4 Å². The number of likely N-dealkylation sites (tertiary alicyclic amines) is 1. The molecule has 2 aromatic heterocycles. The number of nitrogens with zero attached hydrogens (tertiary/aromatic N) is 4. The molecule has 0 bridgehead atoms. The predicted molar refractivity (Wildman–Crippen MR) is 109 cm³/mol. The van der Waals surface area contributed by atoms with E-state index in [1.54, 1.807) is 18.6 Å². The minimum atomic E-state index is 0.00161. The number of aromatic nitrogens is 3. The summed E-state index contributed by atoms with van der Waals surface area (Å²) in [5.41, 5.74) is 3.40. The Morgan fingerprint density at radius 1 is 1.11 bits per heavy atom. The number of pyridine rings is 1. The van der Waals surface area contributed by atoms with Crippen molar-refractivity contribution < 1.29 is 4.79 Å². The van der Waals surface area contributed by atoms with Gasteiger partial charge in [0.25, 0.3) is 5.91 Å². The Kier molecular flexibility index (Phi) is 4.67. The molecule has 1 unspecified atom stereocenters. The van der Waals surface area contributed by atoms with Gasteiger partial charge in [-0.05, 0) is 30.0 Å². The van der Waals surface area contributed by atoms with E-state index in [1.165, 1.54) is 5.56 Å². The molecule has 3 aromatic rings. The molecule has 0 aliphatic carbocycles. The highest BCUT2D eigenvalue weighted by Crippen LogP contribution is 2.42. The van der Waals surface area contributed by atoms with Crippen LogP contribution in [0.4, 0.5) is 0 Å². The van der Waals surface area contributed by atoms with Gasteiger partial charge in [-0.15, -0.1) is 0 Å². The Morgan fingerprint density at radius 3 is 2.57 bits per heavy atom. The molecular formula is C23H24N4O. The number of benzene rings is 1. The van der Waals surface area contributed by atoms with Crippen LogP contribution in [-0.2, 0) is 0 Å². The number of aryl methyl sites for hydroxylation is 1. The monoisotopic (exact) mass is 372 g/mol. The summed E-state index contributed by atoms with van der Waals surface area (Å²) in [5.74, 6) is 0.904. The van der Waals surface area contributed by atoms with E-state index in [0.717, 1.165) is 12.1 Å². The maximum Gasteiger partial charge on any atom is 0.257 e. The zero-order chi connectivity index (χ0) is 19.7. The van der Waals surface area contributed by atoms with Crippen LogP contribution in [0.3, 0.4) is 0 Å². The number of carbonyl (C=O) groups excluding carboxylic acids is 1. The molecule has 1 fully saturated rings. The van der Waals surface area contributed by atoms with Gasteiger partial charge in [-0.2, -0.15) is 0 Å². The number of hydrogen-bond donors (Lipinski definition) is 0. The molecule has 0 spiro atoms. The van der Waals surface area contributed by atoms with Gasteiger partial charge in [0.15, 0.2) is 5.82 Å². The molecule has 28 heavy (non-hydrogen) atoms. The second-order valence-corrected chi connectivity index (χ2v) is 8.07. The number of carbonyl (C=O) groups is 1. The molecule has 4 rings (SSSR count). The van der Waals surface area contributed by atoms with Crippen LogP contribution >= 0.6 is 0 Å². The third-order valence-corrected chi connectivity index (χ3v) is 5.56. The van der Waals surface area contributed by atoms with E-state index in [-0.39, 0.29) is 11.3 Å². The van der Waals surface area contributed by atoms with Crippen molar-refractivity contribution in [1.82, 2.24) is 19.9 Å². The van der Waals surface area contributed by atoms with Crippen molar-refractivity contribution in [1.29, 1.82) is 0 Å². The van der Waals surface area contributed by atoms with Crippen molar-refractivity contribution >= 4 is 5.91 Å². The van der Waals surface area contributed by atoms with Crippen molar-refractivity contribution in [3.63, 3.8) is 0 Å². The normalized spacial score (nSPS) is 18.2. The maximum atomic E-state index is 13.2. The Hall–Kier alpha value is -3.08. The SMILES string of the molecule is Cc1nc(-c2cccnc2)ncc1C(=O)N1CC(c2ccccc2)C(C)(C)C1. The van der Waals surface area contributed by atoms with Crippen molar-refractivity contribution in [3.8, 4) is 11.4 Å². The van der Waals surface area contributed by atoms with Crippen LogP contribution in [0.5, 0.6) is 0 Å². The van der Waals surface area contributed by atoms with E-state index >= 15 is 0 Å². The summed E-state index contributed by atoms with van der Waals surface area (Å²) in [7, 11) is 0. The van der Waals surface area contributed by atoms with Gasteiger partial charge in [0, 0.05) is 43.2 Å². The molecule has 1 saturated heterocycles. The fourth-order valence-electron chi connectivity index (χ4n) is 4.01. The highest BCUT2D eigenvalue weighted by molar-refractivity contribution is 5.95. The van der Waals surface area contributed by atoms with Crippen molar-refractivity contribution in [3.05, 3.63) is 77.9 Å². The molecule has 0 saturated carbocycles. The van der Waals surface area contributed by atoms with Gasteiger partial charge < -0.3 is 4.90 Å². The standard InChI is InChI=1S/C23H24N4O/c1-16-19(13-25-21(26-16)18-10-7-11-24-12-18)22(28)27-14-20(23(2,3)15-27)17-8-5-4-6-9-17/h4-13,20H,14-15H2,1-3H3. The second kappa shape index (κ2) is 7.15. The van der Waals surface area contributed by atoms with Gasteiger partial charge in [0.2, 0.25) is 0 Å². The summed E-state index contributed by atoms with van der Waals surface area (Å²) < 4.78 is 0. The van der Waals surface area contributed by atoms with Gasteiger partial charge in [0.1, 0.15) is 0 Å². The van der Waals surface area contributed by atoms with E-state index in [1.807, 2.05) is 30.0 Å². The van der Waals surface area contributed by atoms with Gasteiger partial charge in [-0.1, -0.05) is 44.2 Å². The van der Waals surface area contributed by atoms with E-state index in [0.29, 0.717) is 29.5 Å². The molecule has 1 aliphatic heterocycles. The summed E-state index contributed by atoms with van der Waals surface area (Å²) >= 11 is 0. The highest BCUT2D eigenvalue weighted by Gasteiger charge is 2.42. The lowest BCUT2D eigenvalue weighted by Crippen LogP contribution is -2.31. The average molecular weight is 372 g/mol. The largest absolute Gasteiger partial charge is 0.337 e. The minimum absolute atomic E-state index is 0.00161. The molecule has 1 atom stereocenters. The lowest BCUT2D eigenvalue weighted by molar-refractivity contribution is 0.0776. The van der Waals surface area contributed by atoms with Gasteiger partial charge >= 0.3 is 0 Å². The molecule has 5 heteroatoms. The van der Waals surface area contributed by atoms with E-state index in [9.17, 15) is 4.79 Å². The third kappa shape index (κ3) is 3.40. The van der Waals surface area contributed by atoms with Crippen LogP contribution in [0.15, 0.2) is 61.1 Å². The lowest BCUT2D eigenvalue weighted by atomic mass is 9.78. The smallest absolute Gasteiger partial charge is 0.257 e. The quantitative estimate of drug-likeness (QED) is 0.694. The molecule has 1 amide bonds. The summed E-state index contributed by atoms with van der Waals surface area (Å²) in [4.78, 5) is 28.2. The van der Waals surface area contributed by atoms with E-state index < -0.39 is 0 Å². The van der Waals surface area contributed by atoms with Gasteiger partial charge in [0.05, 0.1) is 11.3 Å². The van der Waals surface area contributed by atoms with E-state index in [4.69, 9.17) is 0 Å². The van der Waals surface area contributed by atoms with Crippen molar-refractivity contribution in [2.45, 2.75) is 26.7 Å². The summed E-state index contributed by atoms with van der Waals surface area (Å²) in [6.45, 7) is 7.75. The number of hydrogen-bond acceptors (Lipinski definition) is 4. The lowest BCUT2D eigenvalue weighted by Gasteiger charge is -2.25. The fourth-order valence-corrected chi connectivity index (χ4v) is 4.01. The van der Waals surface area contributed by atoms with Gasteiger partial charge in [-0.25, -0.2) is 9.97 Å². The zero-order valence-electron chi connectivity index (χ0n) is 16.5. The Labute approximate surface area is 165 Å². The van der Waals surface area contributed by atoms with Gasteiger partial charge in [-0.3, -0.25) is 9.78 Å². The topological polar surface area (TPSA) is 59.0 Å². The van der Waals surface area contributed by atoms with E-state index in [2.05, 4.69) is 53.1 Å². The van der Waals surface area contributed by atoms with Crippen LogP contribution in [0.2, 0.25) is 0 Å². The molecular weight excluding hydrogens is 348 g/mol. The molecule has 0 radical (unpaired) electrons. The van der Waals surface area contributed by atoms with Crippen molar-refractivity contribution in [2.24, 2.45) is 5.41 Å². The summed E-state index contributed by atoms with van der Waals surface area (Å²) in [6, 6.07) is 14.2. The molecule has 1 aliphatic rings. The summed E-state index contributed by atoms with van der Waals surface area (Å²) in [6.07, 6.45) is 5.09. The molecule has 1 aromatic carbocycles. The highest BCUT2D eigenvalue weighted by atomic mass is 16.2. The molecule has 0 N–H and O–H groups in total. The van der Waals surface area contributed by atoms with Crippen LogP contribution in [-0.4, -0.2) is 38.8 Å². The molecule has 142 valence electrons. The Balaban J connectivity index is 1.58. The third-order valence-electron chi connectivity index (χ3n) is 5.56. The first-order valence-electron chi connectivity index (χ1n) is 9.54. The molecule has 5 nitrogen and oxygen atoms in total.